The van der Waals surface area contributed by atoms with Gasteiger partial charge in [-0.3, -0.25) is 4.98 Å². The highest BCUT2D eigenvalue weighted by atomic mass is 79.9. The fraction of sp³-hybridized carbons (Fsp3) is 0.583. The molecule has 1 aromatic heterocycles. The van der Waals surface area contributed by atoms with Crippen molar-refractivity contribution < 1.29 is 4.74 Å². The second-order valence-electron chi connectivity index (χ2n) is 3.88. The number of pyridine rings is 1. The molecule has 0 saturated heterocycles. The summed E-state index contributed by atoms with van der Waals surface area (Å²) in [5, 5.41) is 0. The molecule has 3 nitrogen and oxygen atoms in total. The van der Waals surface area contributed by atoms with Crippen molar-refractivity contribution in [3.8, 4) is 0 Å². The van der Waals surface area contributed by atoms with Crippen molar-refractivity contribution in [1.82, 2.24) is 4.98 Å². The van der Waals surface area contributed by atoms with Gasteiger partial charge in [0.1, 0.15) is 0 Å². The van der Waals surface area contributed by atoms with E-state index >= 15 is 0 Å². The molecule has 1 atom stereocenters. The van der Waals surface area contributed by atoms with Crippen LogP contribution in [0.2, 0.25) is 0 Å². The molecule has 0 aliphatic rings. The van der Waals surface area contributed by atoms with E-state index in [1.54, 1.807) is 6.20 Å². The zero-order valence-electron chi connectivity index (χ0n) is 9.66. The van der Waals surface area contributed by atoms with Crippen molar-refractivity contribution in [2.45, 2.75) is 32.2 Å². The molecule has 1 heterocycles. The number of ether oxygens (including phenoxy) is 1. The first-order valence-electron chi connectivity index (χ1n) is 5.65. The first-order chi connectivity index (χ1) is 7.72. The van der Waals surface area contributed by atoms with E-state index in [1.807, 2.05) is 6.20 Å². The Morgan fingerprint density at radius 3 is 2.94 bits per heavy atom. The second kappa shape index (κ2) is 7.76. The van der Waals surface area contributed by atoms with E-state index in [4.69, 9.17) is 10.5 Å². The van der Waals surface area contributed by atoms with Gasteiger partial charge in [0.25, 0.3) is 0 Å². The van der Waals surface area contributed by atoms with Gasteiger partial charge in [-0.1, -0.05) is 6.92 Å². The minimum Gasteiger partial charge on any atom is -0.381 e. The largest absolute Gasteiger partial charge is 0.381 e. The van der Waals surface area contributed by atoms with Gasteiger partial charge in [0.05, 0.1) is 0 Å². The molecule has 90 valence electrons. The monoisotopic (exact) mass is 286 g/mol. The van der Waals surface area contributed by atoms with Crippen LogP contribution < -0.4 is 5.73 Å². The van der Waals surface area contributed by atoms with Gasteiger partial charge in [0, 0.05) is 36.1 Å². The third kappa shape index (κ3) is 5.58. The van der Waals surface area contributed by atoms with Crippen LogP contribution in [0.15, 0.2) is 22.9 Å². The van der Waals surface area contributed by atoms with Crippen molar-refractivity contribution >= 4 is 15.9 Å². The van der Waals surface area contributed by atoms with E-state index in [0.717, 1.165) is 42.5 Å². The van der Waals surface area contributed by atoms with E-state index in [2.05, 4.69) is 33.9 Å². The Balaban J connectivity index is 2.25. The van der Waals surface area contributed by atoms with Gasteiger partial charge in [-0.2, -0.15) is 0 Å². The molecule has 0 aliphatic carbocycles. The third-order valence-corrected chi connectivity index (χ3v) is 2.67. The quantitative estimate of drug-likeness (QED) is 0.784. The van der Waals surface area contributed by atoms with Crippen molar-refractivity contribution in [3.05, 3.63) is 28.5 Å². The van der Waals surface area contributed by atoms with Crippen LogP contribution in [0, 0.1) is 0 Å². The molecule has 16 heavy (non-hydrogen) atoms. The minimum absolute atomic E-state index is 0.146. The average Bonchev–Trinajstić information content (AvgIpc) is 2.24. The SMILES string of the molecule is CCCOCCC(N)Cc1cncc(Br)c1. The zero-order valence-corrected chi connectivity index (χ0v) is 11.2. The van der Waals surface area contributed by atoms with Gasteiger partial charge in [-0.15, -0.1) is 0 Å². The number of hydrogen-bond donors (Lipinski definition) is 1. The molecule has 1 aromatic rings. The maximum absolute atomic E-state index is 6.01. The summed E-state index contributed by atoms with van der Waals surface area (Å²) >= 11 is 3.40. The van der Waals surface area contributed by atoms with Crippen LogP contribution in [0.5, 0.6) is 0 Å². The highest BCUT2D eigenvalue weighted by molar-refractivity contribution is 9.10. The van der Waals surface area contributed by atoms with E-state index < -0.39 is 0 Å². The maximum Gasteiger partial charge on any atom is 0.0480 e. The van der Waals surface area contributed by atoms with Gasteiger partial charge in [-0.25, -0.2) is 0 Å². The lowest BCUT2D eigenvalue weighted by Crippen LogP contribution is -2.24. The van der Waals surface area contributed by atoms with Crippen LogP contribution >= 0.6 is 15.9 Å². The summed E-state index contributed by atoms with van der Waals surface area (Å²) in [6.07, 6.45) is 6.44. The molecule has 1 rings (SSSR count). The minimum atomic E-state index is 0.146. The van der Waals surface area contributed by atoms with E-state index in [0.29, 0.717) is 0 Å². The van der Waals surface area contributed by atoms with Crippen molar-refractivity contribution in [3.63, 3.8) is 0 Å². The Morgan fingerprint density at radius 2 is 2.25 bits per heavy atom. The summed E-state index contributed by atoms with van der Waals surface area (Å²) in [5.41, 5.74) is 7.18. The molecule has 1 unspecified atom stereocenters. The van der Waals surface area contributed by atoms with Gasteiger partial charge in [-0.05, 0) is 46.8 Å². The lowest BCUT2D eigenvalue weighted by molar-refractivity contribution is 0.127. The van der Waals surface area contributed by atoms with Crippen LogP contribution in [-0.2, 0) is 11.2 Å². The van der Waals surface area contributed by atoms with E-state index in [-0.39, 0.29) is 6.04 Å². The summed E-state index contributed by atoms with van der Waals surface area (Å²) in [5.74, 6) is 0. The van der Waals surface area contributed by atoms with Crippen molar-refractivity contribution in [2.75, 3.05) is 13.2 Å². The standard InChI is InChI=1S/C12H19BrN2O/c1-2-4-16-5-3-12(14)7-10-6-11(13)9-15-8-10/h6,8-9,12H,2-5,7,14H2,1H3. The topological polar surface area (TPSA) is 48.1 Å². The van der Waals surface area contributed by atoms with Gasteiger partial charge in [0.15, 0.2) is 0 Å². The molecule has 4 heteroatoms. The molecule has 0 spiro atoms. The molecule has 0 aliphatic heterocycles. The van der Waals surface area contributed by atoms with Crippen LogP contribution in [0.3, 0.4) is 0 Å². The number of nitrogens with zero attached hydrogens (tertiary/aromatic N) is 1. The van der Waals surface area contributed by atoms with Crippen LogP contribution in [-0.4, -0.2) is 24.2 Å². The maximum atomic E-state index is 6.01. The summed E-state index contributed by atoms with van der Waals surface area (Å²) in [4.78, 5) is 4.11. The normalized spacial score (nSPS) is 12.7. The smallest absolute Gasteiger partial charge is 0.0480 e. The molecule has 0 bridgehead atoms. The molecular weight excluding hydrogens is 268 g/mol. The summed E-state index contributed by atoms with van der Waals surface area (Å²) in [7, 11) is 0. The lowest BCUT2D eigenvalue weighted by atomic mass is 10.1. The predicted octanol–water partition coefficient (Wildman–Crippen LogP) is 2.53. The van der Waals surface area contributed by atoms with Crippen LogP contribution in [0.1, 0.15) is 25.3 Å². The van der Waals surface area contributed by atoms with Gasteiger partial charge >= 0.3 is 0 Å². The molecule has 0 fully saturated rings. The molecular formula is C12H19BrN2O. The molecule has 0 radical (unpaired) electrons. The highest BCUT2D eigenvalue weighted by Gasteiger charge is 2.04. The third-order valence-electron chi connectivity index (χ3n) is 2.24. The van der Waals surface area contributed by atoms with Crippen molar-refractivity contribution in [2.24, 2.45) is 5.73 Å². The number of nitrogens with two attached hydrogens (primary N) is 1. The Morgan fingerprint density at radius 1 is 1.44 bits per heavy atom. The van der Waals surface area contributed by atoms with Crippen molar-refractivity contribution in [1.29, 1.82) is 0 Å². The number of aromatic nitrogens is 1. The van der Waals surface area contributed by atoms with Gasteiger partial charge < -0.3 is 10.5 Å². The van der Waals surface area contributed by atoms with Crippen LogP contribution in [0.4, 0.5) is 0 Å². The lowest BCUT2D eigenvalue weighted by Gasteiger charge is -2.11. The predicted molar refractivity (Wildman–Crippen MR) is 69.3 cm³/mol. The zero-order chi connectivity index (χ0) is 11.8. The summed E-state index contributed by atoms with van der Waals surface area (Å²) in [6, 6.07) is 2.20. The first kappa shape index (κ1) is 13.6. The fourth-order valence-corrected chi connectivity index (χ4v) is 1.87. The van der Waals surface area contributed by atoms with Gasteiger partial charge in [0.2, 0.25) is 0 Å². The van der Waals surface area contributed by atoms with E-state index in [9.17, 15) is 0 Å². The molecule has 0 amide bonds. The second-order valence-corrected chi connectivity index (χ2v) is 4.79. The Labute approximate surface area is 106 Å². The molecule has 0 saturated carbocycles. The Kier molecular flexibility index (Phi) is 6.61. The van der Waals surface area contributed by atoms with E-state index in [1.165, 1.54) is 0 Å². The first-order valence-corrected chi connectivity index (χ1v) is 6.44. The summed E-state index contributed by atoms with van der Waals surface area (Å²) in [6.45, 7) is 3.68. The average molecular weight is 287 g/mol. The Bertz CT molecular complexity index is 307. The number of rotatable bonds is 7. The Hall–Kier alpha value is -0.450. The summed E-state index contributed by atoms with van der Waals surface area (Å²) < 4.78 is 6.41. The molecule has 2 N–H and O–H groups in total. The fourth-order valence-electron chi connectivity index (χ4n) is 1.45. The number of hydrogen-bond acceptors (Lipinski definition) is 3. The number of halogens is 1. The molecule has 0 aromatic carbocycles. The van der Waals surface area contributed by atoms with Crippen LogP contribution in [0.25, 0.3) is 0 Å². The highest BCUT2D eigenvalue weighted by Crippen LogP contribution is 2.11.